The van der Waals surface area contributed by atoms with Crippen molar-refractivity contribution in [2.45, 2.75) is 30.0 Å². The third-order valence-corrected chi connectivity index (χ3v) is 6.80. The van der Waals surface area contributed by atoms with Gasteiger partial charge in [0.1, 0.15) is 10.7 Å². The van der Waals surface area contributed by atoms with Crippen LogP contribution >= 0.6 is 11.8 Å². The number of nitrogens with zero attached hydrogens (tertiary/aromatic N) is 1. The van der Waals surface area contributed by atoms with Crippen molar-refractivity contribution in [2.75, 3.05) is 25.9 Å². The molecule has 4 nitrogen and oxygen atoms in total. The normalized spacial score (nSPS) is 20.6. The predicted molar refractivity (Wildman–Crippen MR) is 84.5 cm³/mol. The van der Waals surface area contributed by atoms with Gasteiger partial charge in [0.2, 0.25) is 10.0 Å². The Bertz CT molecular complexity index is 593. The largest absolute Gasteiger partial charge is 0.316 e. The van der Waals surface area contributed by atoms with Gasteiger partial charge < -0.3 is 5.32 Å². The predicted octanol–water partition coefficient (Wildman–Crippen LogP) is 2.06. The van der Waals surface area contributed by atoms with E-state index in [9.17, 15) is 12.8 Å². The van der Waals surface area contributed by atoms with Crippen molar-refractivity contribution in [1.29, 1.82) is 0 Å². The lowest BCUT2D eigenvalue weighted by atomic mass is 10.2. The van der Waals surface area contributed by atoms with E-state index in [0.717, 1.165) is 17.7 Å². The molecule has 1 aliphatic rings. The molecular formula is C14H21FN2O2S2. The zero-order valence-electron chi connectivity index (χ0n) is 12.3. The summed E-state index contributed by atoms with van der Waals surface area (Å²) >= 11 is 1.78. The molecule has 1 aliphatic heterocycles. The highest BCUT2D eigenvalue weighted by molar-refractivity contribution is 8.00. The second kappa shape index (κ2) is 7.09. The molecule has 1 N–H and O–H groups in total. The summed E-state index contributed by atoms with van der Waals surface area (Å²) in [5, 5.41) is 3.23. The second-order valence-corrected chi connectivity index (χ2v) is 8.37. The van der Waals surface area contributed by atoms with Crippen LogP contribution in [0, 0.1) is 5.82 Å². The summed E-state index contributed by atoms with van der Waals surface area (Å²) in [6.45, 7) is 3.45. The number of halogens is 1. The quantitative estimate of drug-likeness (QED) is 0.897. The molecule has 1 atom stereocenters. The second-order valence-electron chi connectivity index (χ2n) is 5.06. The van der Waals surface area contributed by atoms with Gasteiger partial charge in [-0.3, -0.25) is 0 Å². The molecule has 0 saturated carbocycles. The van der Waals surface area contributed by atoms with Crippen molar-refractivity contribution in [3.05, 3.63) is 29.6 Å². The van der Waals surface area contributed by atoms with E-state index in [0.29, 0.717) is 19.6 Å². The van der Waals surface area contributed by atoms with Crippen LogP contribution in [0.5, 0.6) is 0 Å². The number of sulfonamides is 1. The van der Waals surface area contributed by atoms with Gasteiger partial charge in [-0.2, -0.15) is 16.1 Å². The Kier molecular flexibility index (Phi) is 5.65. The zero-order valence-corrected chi connectivity index (χ0v) is 13.9. The van der Waals surface area contributed by atoms with Gasteiger partial charge in [0.25, 0.3) is 0 Å². The summed E-state index contributed by atoms with van der Waals surface area (Å²) < 4.78 is 40.8. The van der Waals surface area contributed by atoms with Crippen LogP contribution in [0.2, 0.25) is 0 Å². The fourth-order valence-corrected chi connectivity index (χ4v) is 5.35. The molecule has 1 saturated heterocycles. The summed E-state index contributed by atoms with van der Waals surface area (Å²) in [5.74, 6) is 0.0800. The Morgan fingerprint density at radius 3 is 2.90 bits per heavy atom. The Morgan fingerprint density at radius 2 is 2.24 bits per heavy atom. The SMILES string of the molecule is CCC1CN(S(=O)(=O)c2cc(CNC)ccc2F)CCS1. The van der Waals surface area contributed by atoms with Gasteiger partial charge in [-0.15, -0.1) is 0 Å². The van der Waals surface area contributed by atoms with Crippen LogP contribution in [0.1, 0.15) is 18.9 Å². The molecule has 0 spiro atoms. The van der Waals surface area contributed by atoms with E-state index in [1.165, 1.54) is 16.4 Å². The van der Waals surface area contributed by atoms with E-state index >= 15 is 0 Å². The van der Waals surface area contributed by atoms with E-state index in [1.54, 1.807) is 24.9 Å². The van der Waals surface area contributed by atoms with Crippen LogP contribution in [-0.2, 0) is 16.6 Å². The third-order valence-electron chi connectivity index (χ3n) is 3.55. The van der Waals surface area contributed by atoms with Crippen LogP contribution in [0.25, 0.3) is 0 Å². The van der Waals surface area contributed by atoms with Gasteiger partial charge in [0.05, 0.1) is 0 Å². The molecule has 21 heavy (non-hydrogen) atoms. The van der Waals surface area contributed by atoms with Gasteiger partial charge in [0, 0.05) is 30.6 Å². The van der Waals surface area contributed by atoms with Gasteiger partial charge >= 0.3 is 0 Å². The molecule has 0 aliphatic carbocycles. The number of nitrogens with one attached hydrogen (secondary N) is 1. The lowest BCUT2D eigenvalue weighted by Crippen LogP contribution is -2.42. The van der Waals surface area contributed by atoms with E-state index in [-0.39, 0.29) is 10.1 Å². The van der Waals surface area contributed by atoms with Crippen molar-refractivity contribution in [3.63, 3.8) is 0 Å². The Balaban J connectivity index is 2.32. The molecule has 0 radical (unpaired) electrons. The standard InChI is InChI=1S/C14H21FN2O2S2/c1-3-12-10-17(6-7-20-12)21(18,19)14-8-11(9-16-2)4-5-13(14)15/h4-5,8,12,16H,3,6-7,9-10H2,1-2H3. The topological polar surface area (TPSA) is 49.4 Å². The Labute approximate surface area is 130 Å². The van der Waals surface area contributed by atoms with Crippen LogP contribution in [0.15, 0.2) is 23.1 Å². The first kappa shape index (κ1) is 16.7. The van der Waals surface area contributed by atoms with Crippen molar-refractivity contribution < 1.29 is 12.8 Å². The minimum absolute atomic E-state index is 0.211. The summed E-state index contributed by atoms with van der Waals surface area (Å²) in [7, 11) is -1.99. The average molecular weight is 332 g/mol. The Morgan fingerprint density at radius 1 is 1.48 bits per heavy atom. The third kappa shape index (κ3) is 3.77. The number of hydrogen-bond acceptors (Lipinski definition) is 4. The smallest absolute Gasteiger partial charge is 0.246 e. The van der Waals surface area contributed by atoms with Crippen LogP contribution < -0.4 is 5.32 Å². The number of thioether (sulfide) groups is 1. The van der Waals surface area contributed by atoms with Gasteiger partial charge in [-0.25, -0.2) is 12.8 Å². The highest BCUT2D eigenvalue weighted by Crippen LogP contribution is 2.27. The zero-order chi connectivity index (χ0) is 15.5. The maximum absolute atomic E-state index is 14.0. The molecular weight excluding hydrogens is 311 g/mol. The van der Waals surface area contributed by atoms with Crippen LogP contribution in [0.3, 0.4) is 0 Å². The molecule has 0 aromatic heterocycles. The molecule has 1 aromatic rings. The molecule has 0 bridgehead atoms. The minimum atomic E-state index is -3.76. The van der Waals surface area contributed by atoms with Crippen molar-refractivity contribution in [2.24, 2.45) is 0 Å². The van der Waals surface area contributed by atoms with Crippen molar-refractivity contribution in [1.82, 2.24) is 9.62 Å². The highest BCUT2D eigenvalue weighted by atomic mass is 32.2. The lowest BCUT2D eigenvalue weighted by Gasteiger charge is -2.31. The minimum Gasteiger partial charge on any atom is -0.316 e. The molecule has 1 fully saturated rings. The maximum atomic E-state index is 14.0. The van der Waals surface area contributed by atoms with Gasteiger partial charge in [0.15, 0.2) is 0 Å². The van der Waals surface area contributed by atoms with Crippen molar-refractivity contribution in [3.8, 4) is 0 Å². The first-order valence-corrected chi connectivity index (χ1v) is 9.52. The molecule has 7 heteroatoms. The van der Waals surface area contributed by atoms with Gasteiger partial charge in [-0.1, -0.05) is 13.0 Å². The van der Waals surface area contributed by atoms with Crippen LogP contribution in [0.4, 0.5) is 4.39 Å². The summed E-state index contributed by atoms with van der Waals surface area (Å²) in [6, 6.07) is 4.27. The highest BCUT2D eigenvalue weighted by Gasteiger charge is 2.31. The number of benzene rings is 1. The number of hydrogen-bond donors (Lipinski definition) is 1. The van der Waals surface area contributed by atoms with E-state index in [4.69, 9.17) is 0 Å². The molecule has 118 valence electrons. The number of rotatable bonds is 5. The lowest BCUT2D eigenvalue weighted by molar-refractivity contribution is 0.412. The van der Waals surface area contributed by atoms with E-state index in [2.05, 4.69) is 5.32 Å². The molecule has 1 unspecified atom stereocenters. The Hall–Kier alpha value is -0.630. The fourth-order valence-electron chi connectivity index (χ4n) is 2.36. The first-order chi connectivity index (χ1) is 9.98. The van der Waals surface area contributed by atoms with Crippen molar-refractivity contribution >= 4 is 21.8 Å². The maximum Gasteiger partial charge on any atom is 0.246 e. The van der Waals surface area contributed by atoms with Crippen LogP contribution in [-0.4, -0.2) is 43.9 Å². The molecule has 1 heterocycles. The average Bonchev–Trinajstić information content (AvgIpc) is 2.49. The van der Waals surface area contributed by atoms with Gasteiger partial charge in [-0.05, 0) is 31.2 Å². The molecule has 1 aromatic carbocycles. The van der Waals surface area contributed by atoms with E-state index in [1.807, 2.05) is 6.92 Å². The monoisotopic (exact) mass is 332 g/mol. The fraction of sp³-hybridized carbons (Fsp3) is 0.571. The van der Waals surface area contributed by atoms with E-state index < -0.39 is 15.8 Å². The first-order valence-electron chi connectivity index (χ1n) is 7.03. The molecule has 0 amide bonds. The summed E-state index contributed by atoms with van der Waals surface area (Å²) in [6.07, 6.45) is 0.916. The summed E-state index contributed by atoms with van der Waals surface area (Å²) in [5.41, 5.74) is 0.760. The molecule has 2 rings (SSSR count). The summed E-state index contributed by atoms with van der Waals surface area (Å²) in [4.78, 5) is -0.211.